The molecular weight excluding hydrogens is 152 g/mol. The predicted molar refractivity (Wildman–Crippen MR) is 47.7 cm³/mol. The van der Waals surface area contributed by atoms with E-state index in [1.54, 1.807) is 12.4 Å². The largest absolute Gasteiger partial charge is 0.396 e. The number of rotatable bonds is 2. The first-order valence-electron chi connectivity index (χ1n) is 4.04. The molecule has 1 aliphatic rings. The van der Waals surface area contributed by atoms with Crippen molar-refractivity contribution in [3.63, 3.8) is 0 Å². The second-order valence-corrected chi connectivity index (χ2v) is 3.53. The number of hydrogen-bond acceptors (Lipinski definition) is 4. The Labute approximate surface area is 71.2 Å². The third kappa shape index (κ3) is 1.47. The van der Waals surface area contributed by atoms with Crippen molar-refractivity contribution in [3.05, 3.63) is 12.4 Å². The lowest BCUT2D eigenvalue weighted by Gasteiger charge is -2.10. The zero-order valence-corrected chi connectivity index (χ0v) is 7.04. The molecule has 0 bridgehead atoms. The van der Waals surface area contributed by atoms with E-state index in [1.165, 1.54) is 12.8 Å². The summed E-state index contributed by atoms with van der Waals surface area (Å²) in [7, 11) is 0. The lowest BCUT2D eigenvalue weighted by atomic mass is 10.3. The zero-order chi connectivity index (χ0) is 8.60. The molecule has 0 saturated heterocycles. The van der Waals surface area contributed by atoms with Gasteiger partial charge in [-0.3, -0.25) is 0 Å². The average Bonchev–Trinajstić information content (AvgIpc) is 2.74. The monoisotopic (exact) mass is 164 g/mol. The molecule has 0 radical (unpaired) electrons. The van der Waals surface area contributed by atoms with Gasteiger partial charge in [-0.1, -0.05) is 0 Å². The Hall–Kier alpha value is -1.32. The van der Waals surface area contributed by atoms with Gasteiger partial charge in [0.05, 0.1) is 18.1 Å². The first-order chi connectivity index (χ1) is 5.68. The summed E-state index contributed by atoms with van der Waals surface area (Å²) in [6.45, 7) is 2.16. The molecule has 0 unspecified atom stereocenters. The number of anilines is 2. The fourth-order valence-corrected chi connectivity index (χ4v) is 0.985. The Kier molecular flexibility index (Phi) is 1.43. The summed E-state index contributed by atoms with van der Waals surface area (Å²) < 4.78 is 0. The van der Waals surface area contributed by atoms with Gasteiger partial charge in [0.2, 0.25) is 5.95 Å². The maximum atomic E-state index is 5.45. The summed E-state index contributed by atoms with van der Waals surface area (Å²) >= 11 is 0. The number of nitrogens with two attached hydrogens (primary N) is 1. The van der Waals surface area contributed by atoms with Crippen molar-refractivity contribution < 1.29 is 0 Å². The quantitative estimate of drug-likeness (QED) is 0.685. The molecule has 12 heavy (non-hydrogen) atoms. The van der Waals surface area contributed by atoms with E-state index >= 15 is 0 Å². The standard InChI is InChI=1S/C8H12N4/c1-8(2-3-8)12-7-10-4-6(9)5-11-7/h4-5H,2-3,9H2,1H3,(H,10,11,12). The molecule has 4 heteroatoms. The number of nitrogen functional groups attached to an aromatic ring is 1. The summed E-state index contributed by atoms with van der Waals surface area (Å²) in [5, 5.41) is 3.24. The summed E-state index contributed by atoms with van der Waals surface area (Å²) in [4.78, 5) is 8.11. The predicted octanol–water partition coefficient (Wildman–Crippen LogP) is 1.02. The van der Waals surface area contributed by atoms with E-state index in [9.17, 15) is 0 Å². The van der Waals surface area contributed by atoms with Gasteiger partial charge in [0.25, 0.3) is 0 Å². The third-order valence-corrected chi connectivity index (χ3v) is 2.09. The summed E-state index contributed by atoms with van der Waals surface area (Å²) in [6.07, 6.45) is 5.61. The Morgan fingerprint density at radius 1 is 1.42 bits per heavy atom. The van der Waals surface area contributed by atoms with Crippen LogP contribution in [0.4, 0.5) is 11.6 Å². The van der Waals surface area contributed by atoms with Crippen molar-refractivity contribution in [2.45, 2.75) is 25.3 Å². The molecular formula is C8H12N4. The van der Waals surface area contributed by atoms with Crippen molar-refractivity contribution in [1.82, 2.24) is 9.97 Å². The van der Waals surface area contributed by atoms with Gasteiger partial charge in [0.15, 0.2) is 0 Å². The fraction of sp³-hybridized carbons (Fsp3) is 0.500. The Balaban J connectivity index is 2.08. The van der Waals surface area contributed by atoms with E-state index in [1.807, 2.05) is 0 Å². The van der Waals surface area contributed by atoms with Gasteiger partial charge in [-0.25, -0.2) is 9.97 Å². The summed E-state index contributed by atoms with van der Waals surface area (Å²) in [5.74, 6) is 0.671. The maximum Gasteiger partial charge on any atom is 0.223 e. The van der Waals surface area contributed by atoms with E-state index in [0.717, 1.165) is 0 Å². The highest BCUT2D eigenvalue weighted by Crippen LogP contribution is 2.37. The smallest absolute Gasteiger partial charge is 0.223 e. The highest BCUT2D eigenvalue weighted by atomic mass is 15.2. The number of aromatic nitrogens is 2. The second kappa shape index (κ2) is 2.33. The Bertz CT molecular complexity index is 276. The molecule has 1 fully saturated rings. The van der Waals surface area contributed by atoms with Gasteiger partial charge in [0.1, 0.15) is 0 Å². The van der Waals surface area contributed by atoms with Crippen LogP contribution < -0.4 is 11.1 Å². The van der Waals surface area contributed by atoms with Gasteiger partial charge in [-0.05, 0) is 19.8 Å². The Morgan fingerprint density at radius 3 is 2.50 bits per heavy atom. The molecule has 1 heterocycles. The molecule has 3 N–H and O–H groups in total. The van der Waals surface area contributed by atoms with Gasteiger partial charge in [-0.15, -0.1) is 0 Å². The van der Waals surface area contributed by atoms with E-state index in [-0.39, 0.29) is 5.54 Å². The van der Waals surface area contributed by atoms with Crippen LogP contribution >= 0.6 is 0 Å². The van der Waals surface area contributed by atoms with E-state index in [4.69, 9.17) is 5.73 Å². The molecule has 0 aromatic carbocycles. The minimum absolute atomic E-state index is 0.232. The molecule has 0 atom stereocenters. The van der Waals surface area contributed by atoms with Crippen LogP contribution in [0.15, 0.2) is 12.4 Å². The summed E-state index contributed by atoms with van der Waals surface area (Å²) in [5.41, 5.74) is 6.28. The molecule has 1 saturated carbocycles. The lowest BCUT2D eigenvalue weighted by Crippen LogP contribution is -2.17. The molecule has 0 aliphatic heterocycles. The normalized spacial score (nSPS) is 18.8. The fourth-order valence-electron chi connectivity index (χ4n) is 0.985. The van der Waals surface area contributed by atoms with Crippen molar-refractivity contribution >= 4 is 11.6 Å². The third-order valence-electron chi connectivity index (χ3n) is 2.09. The van der Waals surface area contributed by atoms with Gasteiger partial charge in [0, 0.05) is 5.54 Å². The number of nitrogens with one attached hydrogen (secondary N) is 1. The van der Waals surface area contributed by atoms with Crippen LogP contribution in [0.25, 0.3) is 0 Å². The van der Waals surface area contributed by atoms with Gasteiger partial charge < -0.3 is 11.1 Å². The lowest BCUT2D eigenvalue weighted by molar-refractivity contribution is 0.810. The molecule has 1 aliphatic carbocycles. The Morgan fingerprint density at radius 2 is 2.00 bits per heavy atom. The van der Waals surface area contributed by atoms with Crippen LogP contribution in [0.5, 0.6) is 0 Å². The molecule has 1 aromatic rings. The molecule has 0 spiro atoms. The second-order valence-electron chi connectivity index (χ2n) is 3.53. The highest BCUT2D eigenvalue weighted by Gasteiger charge is 2.37. The zero-order valence-electron chi connectivity index (χ0n) is 7.04. The molecule has 1 aromatic heterocycles. The van der Waals surface area contributed by atoms with Crippen LogP contribution in [0.2, 0.25) is 0 Å². The van der Waals surface area contributed by atoms with Crippen LogP contribution in [0.3, 0.4) is 0 Å². The maximum absolute atomic E-state index is 5.45. The number of nitrogens with zero attached hydrogens (tertiary/aromatic N) is 2. The van der Waals surface area contributed by atoms with E-state index < -0.39 is 0 Å². The van der Waals surface area contributed by atoms with Crippen LogP contribution in [0.1, 0.15) is 19.8 Å². The first kappa shape index (κ1) is 7.34. The molecule has 4 nitrogen and oxygen atoms in total. The van der Waals surface area contributed by atoms with Gasteiger partial charge in [-0.2, -0.15) is 0 Å². The van der Waals surface area contributed by atoms with Gasteiger partial charge >= 0.3 is 0 Å². The van der Waals surface area contributed by atoms with E-state index in [0.29, 0.717) is 11.6 Å². The van der Waals surface area contributed by atoms with Crippen LogP contribution in [0, 0.1) is 0 Å². The molecule has 64 valence electrons. The van der Waals surface area contributed by atoms with Crippen LogP contribution in [-0.4, -0.2) is 15.5 Å². The summed E-state index contributed by atoms with van der Waals surface area (Å²) in [6, 6.07) is 0. The van der Waals surface area contributed by atoms with Crippen molar-refractivity contribution in [1.29, 1.82) is 0 Å². The first-order valence-corrected chi connectivity index (χ1v) is 4.04. The minimum Gasteiger partial charge on any atom is -0.396 e. The minimum atomic E-state index is 0.232. The van der Waals surface area contributed by atoms with Crippen LogP contribution in [-0.2, 0) is 0 Å². The van der Waals surface area contributed by atoms with Crippen molar-refractivity contribution in [2.75, 3.05) is 11.1 Å². The number of hydrogen-bond donors (Lipinski definition) is 2. The SMILES string of the molecule is CC1(Nc2ncc(N)cn2)CC1. The van der Waals surface area contributed by atoms with Crippen molar-refractivity contribution in [2.24, 2.45) is 0 Å². The van der Waals surface area contributed by atoms with E-state index in [2.05, 4.69) is 22.2 Å². The highest BCUT2D eigenvalue weighted by molar-refractivity contribution is 5.38. The average molecular weight is 164 g/mol. The molecule has 2 rings (SSSR count). The molecule has 0 amide bonds. The topological polar surface area (TPSA) is 63.8 Å². The van der Waals surface area contributed by atoms with Crippen molar-refractivity contribution in [3.8, 4) is 0 Å².